The van der Waals surface area contributed by atoms with Gasteiger partial charge in [-0.2, -0.15) is 0 Å². The van der Waals surface area contributed by atoms with Crippen LogP contribution >= 0.6 is 0 Å². The van der Waals surface area contributed by atoms with Crippen LogP contribution in [0.25, 0.3) is 32.9 Å². The van der Waals surface area contributed by atoms with Crippen LogP contribution in [-0.4, -0.2) is 21.0 Å². The summed E-state index contributed by atoms with van der Waals surface area (Å²) in [6.45, 7) is 7.24. The maximum absolute atomic E-state index is 15.0. The Balaban J connectivity index is 1.77. The first-order chi connectivity index (χ1) is 17.1. The first-order valence-electron chi connectivity index (χ1n) is 11.7. The van der Waals surface area contributed by atoms with Crippen LogP contribution in [0.4, 0.5) is 8.78 Å². The summed E-state index contributed by atoms with van der Waals surface area (Å²) in [7, 11) is 0. The molecule has 2 aromatic carbocycles. The number of nitrogens with one attached hydrogen (secondary N) is 1. The lowest BCUT2D eigenvalue weighted by molar-refractivity contribution is 0.0919. The van der Waals surface area contributed by atoms with Crippen molar-refractivity contribution in [2.75, 3.05) is 0 Å². The van der Waals surface area contributed by atoms with E-state index in [0.717, 1.165) is 23.4 Å². The van der Waals surface area contributed by atoms with E-state index in [4.69, 9.17) is 4.42 Å². The summed E-state index contributed by atoms with van der Waals surface area (Å²) in [6.07, 6.45) is 2.32. The predicted octanol–water partition coefficient (Wildman–Crippen LogP) is 5.71. The Labute approximate surface area is 205 Å². The van der Waals surface area contributed by atoms with E-state index in [1.807, 2.05) is 31.2 Å². The molecule has 0 fully saturated rings. The van der Waals surface area contributed by atoms with Crippen molar-refractivity contribution in [3.8, 4) is 0 Å². The molecule has 0 radical (unpaired) electrons. The molecule has 1 N–H and O–H groups in total. The van der Waals surface area contributed by atoms with Crippen molar-refractivity contribution in [2.24, 2.45) is 0 Å². The Bertz CT molecular complexity index is 1730. The molecule has 0 aliphatic rings. The van der Waals surface area contributed by atoms with Gasteiger partial charge in [-0.25, -0.2) is 18.6 Å². The minimum atomic E-state index is -1.14. The van der Waals surface area contributed by atoms with Gasteiger partial charge in [-0.1, -0.05) is 13.0 Å². The van der Waals surface area contributed by atoms with Gasteiger partial charge in [0.2, 0.25) is 5.71 Å². The Morgan fingerprint density at radius 3 is 2.61 bits per heavy atom. The van der Waals surface area contributed by atoms with Crippen LogP contribution < -0.4 is 10.9 Å². The molecule has 0 saturated carbocycles. The number of halogens is 2. The largest absolute Gasteiger partial charge is 0.402 e. The molecular formula is C28H25F2N3O3. The molecule has 5 aromatic rings. The fraction of sp³-hybridized carbons (Fsp3) is 0.250. The van der Waals surface area contributed by atoms with Crippen molar-refractivity contribution in [1.82, 2.24) is 14.9 Å². The highest BCUT2D eigenvalue weighted by atomic mass is 19.2. The minimum Gasteiger partial charge on any atom is -0.402 e. The van der Waals surface area contributed by atoms with Gasteiger partial charge >= 0.3 is 5.63 Å². The molecule has 0 saturated heterocycles. The number of hydrogen-bond acceptors (Lipinski definition) is 4. The quantitative estimate of drug-likeness (QED) is 0.351. The summed E-state index contributed by atoms with van der Waals surface area (Å²) < 4.78 is 36.7. The molecule has 0 aliphatic carbocycles. The number of hydrogen-bond donors (Lipinski definition) is 1. The van der Waals surface area contributed by atoms with Crippen LogP contribution in [0.5, 0.6) is 0 Å². The Morgan fingerprint density at radius 1 is 1.11 bits per heavy atom. The summed E-state index contributed by atoms with van der Waals surface area (Å²) in [6, 6.07) is 11.6. The standard InChI is InChI=1S/C28H25F2N3O3/c1-5-15-8-9-21-19(11-15)22-18-7-6-10-31-26(18)36-27(35)24(22)33(21)14-17-12-16(13-20(29)23(17)30)25(34)32-28(2,3)4/h6-13H,5,14H2,1-4H3,(H,32,34). The SMILES string of the molecule is CCc1ccc2c(c1)c1c3cccnc3oc(=O)c1n2Cc1cc(C(=O)NC(C)(C)C)cc(F)c1F. The summed E-state index contributed by atoms with van der Waals surface area (Å²) in [5, 5.41) is 4.84. The summed E-state index contributed by atoms with van der Waals surface area (Å²) in [5.41, 5.74) is 0.901. The van der Waals surface area contributed by atoms with Crippen LogP contribution in [0.1, 0.15) is 49.2 Å². The highest BCUT2D eigenvalue weighted by molar-refractivity contribution is 6.18. The van der Waals surface area contributed by atoms with Gasteiger partial charge in [-0.15, -0.1) is 0 Å². The van der Waals surface area contributed by atoms with Crippen molar-refractivity contribution in [1.29, 1.82) is 0 Å². The Kier molecular flexibility index (Phi) is 5.62. The monoisotopic (exact) mass is 489 g/mol. The van der Waals surface area contributed by atoms with Gasteiger partial charge in [-0.3, -0.25) is 4.79 Å². The second-order valence-corrected chi connectivity index (χ2v) is 9.90. The van der Waals surface area contributed by atoms with Crippen molar-refractivity contribution < 1.29 is 18.0 Å². The predicted molar refractivity (Wildman–Crippen MR) is 135 cm³/mol. The van der Waals surface area contributed by atoms with Gasteiger partial charge in [0, 0.05) is 44.5 Å². The number of aromatic nitrogens is 2. The van der Waals surface area contributed by atoms with Crippen LogP contribution in [0, 0.1) is 11.6 Å². The number of rotatable bonds is 4. The third kappa shape index (κ3) is 4.02. The molecule has 3 aromatic heterocycles. The van der Waals surface area contributed by atoms with E-state index in [-0.39, 0.29) is 28.9 Å². The van der Waals surface area contributed by atoms with E-state index in [1.165, 1.54) is 6.07 Å². The summed E-state index contributed by atoms with van der Waals surface area (Å²) in [4.78, 5) is 30.0. The zero-order valence-electron chi connectivity index (χ0n) is 20.4. The van der Waals surface area contributed by atoms with Crippen molar-refractivity contribution in [3.05, 3.63) is 87.4 Å². The lowest BCUT2D eigenvalue weighted by Crippen LogP contribution is -2.40. The molecule has 8 heteroatoms. The number of nitrogens with zero attached hydrogens (tertiary/aromatic N) is 2. The highest BCUT2D eigenvalue weighted by Crippen LogP contribution is 2.34. The van der Waals surface area contributed by atoms with Gasteiger partial charge in [0.15, 0.2) is 11.6 Å². The van der Waals surface area contributed by atoms with Crippen LogP contribution in [0.15, 0.2) is 57.9 Å². The molecule has 0 atom stereocenters. The van der Waals surface area contributed by atoms with E-state index in [0.29, 0.717) is 16.3 Å². The fourth-order valence-electron chi connectivity index (χ4n) is 4.54. The fourth-order valence-corrected chi connectivity index (χ4v) is 4.54. The zero-order chi connectivity index (χ0) is 25.8. The second kappa shape index (κ2) is 8.55. The average molecular weight is 490 g/mol. The minimum absolute atomic E-state index is 0.00505. The third-order valence-electron chi connectivity index (χ3n) is 6.14. The Hall–Kier alpha value is -4.07. The molecule has 36 heavy (non-hydrogen) atoms. The number of fused-ring (bicyclic) bond motifs is 5. The number of carbonyl (C=O) groups excluding carboxylic acids is 1. The maximum atomic E-state index is 15.0. The molecule has 6 nitrogen and oxygen atoms in total. The number of aryl methyl sites for hydroxylation is 1. The van der Waals surface area contributed by atoms with E-state index in [2.05, 4.69) is 10.3 Å². The molecule has 184 valence electrons. The molecule has 5 rings (SSSR count). The lowest BCUT2D eigenvalue weighted by atomic mass is 10.1. The molecule has 0 bridgehead atoms. The first-order valence-corrected chi connectivity index (χ1v) is 11.7. The molecular weight excluding hydrogens is 464 g/mol. The van der Waals surface area contributed by atoms with Gasteiger partial charge in [0.25, 0.3) is 5.91 Å². The molecule has 0 aliphatic heterocycles. The van der Waals surface area contributed by atoms with Crippen LogP contribution in [0.2, 0.25) is 0 Å². The number of amides is 1. The molecule has 1 amide bonds. The molecule has 0 unspecified atom stereocenters. The lowest BCUT2D eigenvalue weighted by Gasteiger charge is -2.21. The van der Waals surface area contributed by atoms with E-state index in [9.17, 15) is 14.0 Å². The third-order valence-corrected chi connectivity index (χ3v) is 6.14. The normalized spacial score (nSPS) is 12.1. The smallest absolute Gasteiger partial charge is 0.362 e. The van der Waals surface area contributed by atoms with Crippen molar-refractivity contribution in [3.63, 3.8) is 0 Å². The average Bonchev–Trinajstić information content (AvgIpc) is 3.15. The first kappa shape index (κ1) is 23.7. The van der Waals surface area contributed by atoms with E-state index >= 15 is 4.39 Å². The number of carbonyl (C=O) groups is 1. The number of pyridine rings is 1. The Morgan fingerprint density at radius 2 is 1.89 bits per heavy atom. The van der Waals surface area contributed by atoms with Crippen molar-refractivity contribution in [2.45, 2.75) is 46.2 Å². The summed E-state index contributed by atoms with van der Waals surface area (Å²) >= 11 is 0. The zero-order valence-corrected chi connectivity index (χ0v) is 20.4. The highest BCUT2D eigenvalue weighted by Gasteiger charge is 2.23. The van der Waals surface area contributed by atoms with Crippen LogP contribution in [0.3, 0.4) is 0 Å². The van der Waals surface area contributed by atoms with Gasteiger partial charge in [0.05, 0.1) is 6.54 Å². The van der Waals surface area contributed by atoms with Crippen LogP contribution in [-0.2, 0) is 13.0 Å². The van der Waals surface area contributed by atoms with Crippen molar-refractivity contribution >= 4 is 38.8 Å². The van der Waals surface area contributed by atoms with Gasteiger partial charge in [-0.05, 0) is 69.2 Å². The maximum Gasteiger partial charge on any atom is 0.362 e. The van der Waals surface area contributed by atoms with Gasteiger partial charge < -0.3 is 14.3 Å². The molecule has 3 heterocycles. The summed E-state index contributed by atoms with van der Waals surface area (Å²) in [5.74, 6) is -2.73. The topological polar surface area (TPSA) is 77.1 Å². The number of benzene rings is 2. The molecule has 0 spiro atoms. The van der Waals surface area contributed by atoms with Gasteiger partial charge in [0.1, 0.15) is 5.52 Å². The second-order valence-electron chi connectivity index (χ2n) is 9.90. The van der Waals surface area contributed by atoms with E-state index in [1.54, 1.807) is 37.6 Å². The van der Waals surface area contributed by atoms with E-state index < -0.39 is 28.7 Å².